The van der Waals surface area contributed by atoms with E-state index in [9.17, 15) is 17.6 Å². The Labute approximate surface area is 72.4 Å². The molecule has 0 saturated heterocycles. The third kappa shape index (κ3) is 2.11. The summed E-state index contributed by atoms with van der Waals surface area (Å²) in [5.74, 6) is -0.697. The smallest absolute Gasteiger partial charge is 0.388 e. The van der Waals surface area contributed by atoms with Crippen molar-refractivity contribution in [1.82, 2.24) is 0 Å². The van der Waals surface area contributed by atoms with Gasteiger partial charge in [-0.25, -0.2) is 4.39 Å². The van der Waals surface area contributed by atoms with E-state index in [0.29, 0.717) is 6.07 Å². The Morgan fingerprint density at radius 3 is 2.31 bits per heavy atom. The summed E-state index contributed by atoms with van der Waals surface area (Å²) in [6.07, 6.45) is -4.45. The molecule has 0 bridgehead atoms. The Bertz CT molecular complexity index is 306. The molecule has 0 fully saturated rings. The van der Waals surface area contributed by atoms with Crippen LogP contribution in [0.5, 0.6) is 0 Å². The third-order valence-electron chi connectivity index (χ3n) is 1.56. The molecule has 0 aliphatic heterocycles. The summed E-state index contributed by atoms with van der Waals surface area (Å²) in [5.41, 5.74) is -1.12. The molecule has 0 aliphatic carbocycles. The van der Waals surface area contributed by atoms with E-state index < -0.39 is 17.6 Å². The lowest BCUT2D eigenvalue weighted by Crippen LogP contribution is -2.08. The van der Waals surface area contributed by atoms with Crippen molar-refractivity contribution in [1.29, 1.82) is 0 Å². The fraction of sp³-hybridized carbons (Fsp3) is 0.250. The summed E-state index contributed by atoms with van der Waals surface area (Å²) in [7, 11) is 1.31. The Balaban J connectivity index is 3.22. The van der Waals surface area contributed by atoms with Crippen LogP contribution in [0.2, 0.25) is 0 Å². The second-order valence-electron chi connectivity index (χ2n) is 2.44. The fourth-order valence-corrected chi connectivity index (χ4v) is 0.971. The quantitative estimate of drug-likeness (QED) is 0.676. The Morgan fingerprint density at radius 2 is 1.85 bits per heavy atom. The Kier molecular flexibility index (Phi) is 2.45. The van der Waals surface area contributed by atoms with Crippen LogP contribution < -0.4 is 5.32 Å². The van der Waals surface area contributed by atoms with Crippen LogP contribution in [0.3, 0.4) is 0 Å². The minimum absolute atomic E-state index is 0.257. The van der Waals surface area contributed by atoms with E-state index in [2.05, 4.69) is 5.32 Å². The zero-order valence-electron chi connectivity index (χ0n) is 6.74. The molecule has 5 heteroatoms. The van der Waals surface area contributed by atoms with E-state index >= 15 is 0 Å². The van der Waals surface area contributed by atoms with E-state index in [1.165, 1.54) is 7.05 Å². The van der Waals surface area contributed by atoms with Crippen LogP contribution in [-0.4, -0.2) is 7.05 Å². The summed E-state index contributed by atoms with van der Waals surface area (Å²) in [6.45, 7) is 0. The van der Waals surface area contributed by atoms with Gasteiger partial charge < -0.3 is 5.32 Å². The molecule has 1 aromatic rings. The molecule has 0 amide bonds. The molecule has 0 radical (unpaired) electrons. The van der Waals surface area contributed by atoms with Gasteiger partial charge in [0.1, 0.15) is 5.82 Å². The van der Waals surface area contributed by atoms with Crippen LogP contribution in [0.4, 0.5) is 23.2 Å². The van der Waals surface area contributed by atoms with Crippen molar-refractivity contribution in [3.05, 3.63) is 29.6 Å². The zero-order valence-corrected chi connectivity index (χ0v) is 6.74. The summed E-state index contributed by atoms with van der Waals surface area (Å²) >= 11 is 0. The highest BCUT2D eigenvalue weighted by Gasteiger charge is 2.33. The first-order valence-corrected chi connectivity index (χ1v) is 3.49. The largest absolute Gasteiger partial charge is 0.418 e. The number of nitrogens with one attached hydrogen (secondary N) is 1. The second-order valence-corrected chi connectivity index (χ2v) is 2.44. The SMILES string of the molecule is CNc1cc(F)ccc1C(F)(F)F. The normalized spacial score (nSPS) is 11.5. The predicted molar refractivity (Wildman–Crippen MR) is 40.9 cm³/mol. The molecule has 1 N–H and O–H groups in total. The number of hydrogen-bond acceptors (Lipinski definition) is 1. The van der Waals surface area contributed by atoms with E-state index in [0.717, 1.165) is 12.1 Å². The van der Waals surface area contributed by atoms with Crippen LogP contribution in [-0.2, 0) is 6.18 Å². The Hall–Kier alpha value is -1.26. The van der Waals surface area contributed by atoms with E-state index in [1.807, 2.05) is 0 Å². The molecular formula is C8H7F4N. The van der Waals surface area contributed by atoms with Crippen molar-refractivity contribution >= 4 is 5.69 Å². The minimum atomic E-state index is -4.45. The lowest BCUT2D eigenvalue weighted by atomic mass is 10.1. The highest BCUT2D eigenvalue weighted by molar-refractivity contribution is 5.52. The molecule has 0 aliphatic rings. The first kappa shape index (κ1) is 9.83. The van der Waals surface area contributed by atoms with E-state index in [1.54, 1.807) is 0 Å². The molecule has 0 atom stereocenters. The fourth-order valence-electron chi connectivity index (χ4n) is 0.971. The van der Waals surface area contributed by atoms with Gasteiger partial charge in [-0.15, -0.1) is 0 Å². The van der Waals surface area contributed by atoms with Crippen molar-refractivity contribution in [2.45, 2.75) is 6.18 Å². The number of alkyl halides is 3. The molecule has 72 valence electrons. The molecule has 0 unspecified atom stereocenters. The molecule has 0 spiro atoms. The number of anilines is 1. The van der Waals surface area contributed by atoms with Gasteiger partial charge >= 0.3 is 6.18 Å². The van der Waals surface area contributed by atoms with Crippen molar-refractivity contribution < 1.29 is 17.6 Å². The van der Waals surface area contributed by atoms with E-state index in [-0.39, 0.29) is 5.69 Å². The van der Waals surface area contributed by atoms with Gasteiger partial charge in [0.2, 0.25) is 0 Å². The van der Waals surface area contributed by atoms with Gasteiger partial charge in [0.05, 0.1) is 5.56 Å². The number of benzene rings is 1. The molecule has 0 aromatic heterocycles. The maximum Gasteiger partial charge on any atom is 0.418 e. The standard InChI is InChI=1S/C8H7F4N/c1-13-7-4-5(9)2-3-6(7)8(10,11)12/h2-4,13H,1H3. The average Bonchev–Trinajstić information content (AvgIpc) is 2.01. The minimum Gasteiger partial charge on any atom is -0.388 e. The summed E-state index contributed by atoms with van der Waals surface area (Å²) < 4.78 is 49.1. The Morgan fingerprint density at radius 1 is 1.23 bits per heavy atom. The molecule has 1 aromatic carbocycles. The van der Waals surface area contributed by atoms with Gasteiger partial charge in [-0.2, -0.15) is 13.2 Å². The van der Waals surface area contributed by atoms with Gasteiger partial charge in [0, 0.05) is 12.7 Å². The van der Waals surface area contributed by atoms with Crippen LogP contribution in [0.25, 0.3) is 0 Å². The summed E-state index contributed by atoms with van der Waals surface area (Å²) in [4.78, 5) is 0. The molecule has 0 heterocycles. The summed E-state index contributed by atoms with van der Waals surface area (Å²) in [5, 5.41) is 2.28. The molecular weight excluding hydrogens is 186 g/mol. The first-order valence-electron chi connectivity index (χ1n) is 3.49. The lowest BCUT2D eigenvalue weighted by Gasteiger charge is -2.11. The van der Waals surface area contributed by atoms with Crippen molar-refractivity contribution in [2.24, 2.45) is 0 Å². The highest BCUT2D eigenvalue weighted by Crippen LogP contribution is 2.34. The van der Waals surface area contributed by atoms with Crippen molar-refractivity contribution in [2.75, 3.05) is 12.4 Å². The predicted octanol–water partition coefficient (Wildman–Crippen LogP) is 2.89. The first-order chi connectivity index (χ1) is 5.95. The van der Waals surface area contributed by atoms with Crippen molar-refractivity contribution in [3.63, 3.8) is 0 Å². The number of halogens is 4. The summed E-state index contributed by atoms with van der Waals surface area (Å²) in [6, 6.07) is 2.30. The highest BCUT2D eigenvalue weighted by atomic mass is 19.4. The topological polar surface area (TPSA) is 12.0 Å². The van der Waals surface area contributed by atoms with Gasteiger partial charge in [0.15, 0.2) is 0 Å². The van der Waals surface area contributed by atoms with Gasteiger partial charge in [-0.05, 0) is 18.2 Å². The van der Waals surface area contributed by atoms with Crippen LogP contribution in [0, 0.1) is 5.82 Å². The zero-order chi connectivity index (χ0) is 10.1. The second kappa shape index (κ2) is 3.24. The monoisotopic (exact) mass is 193 g/mol. The number of rotatable bonds is 1. The van der Waals surface area contributed by atoms with Crippen molar-refractivity contribution in [3.8, 4) is 0 Å². The molecule has 1 rings (SSSR count). The maximum absolute atomic E-state index is 12.5. The van der Waals surface area contributed by atoms with Gasteiger partial charge in [-0.1, -0.05) is 0 Å². The van der Waals surface area contributed by atoms with Crippen LogP contribution in [0.1, 0.15) is 5.56 Å². The van der Waals surface area contributed by atoms with E-state index in [4.69, 9.17) is 0 Å². The van der Waals surface area contributed by atoms with Crippen LogP contribution in [0.15, 0.2) is 18.2 Å². The lowest BCUT2D eigenvalue weighted by molar-refractivity contribution is -0.137. The maximum atomic E-state index is 12.5. The average molecular weight is 193 g/mol. The molecule has 13 heavy (non-hydrogen) atoms. The van der Waals surface area contributed by atoms with Crippen LogP contribution >= 0.6 is 0 Å². The molecule has 0 saturated carbocycles. The van der Waals surface area contributed by atoms with Gasteiger partial charge in [-0.3, -0.25) is 0 Å². The van der Waals surface area contributed by atoms with Gasteiger partial charge in [0.25, 0.3) is 0 Å². The molecule has 1 nitrogen and oxygen atoms in total. The number of hydrogen-bond donors (Lipinski definition) is 1. The third-order valence-corrected chi connectivity index (χ3v) is 1.56.